The van der Waals surface area contributed by atoms with E-state index < -0.39 is 11.9 Å². The lowest BCUT2D eigenvalue weighted by molar-refractivity contribution is -0.139. The molecule has 138 valence electrons. The number of hydrogen-bond donors (Lipinski definition) is 1. The average molecular weight is 349 g/mol. The average Bonchev–Trinajstić information content (AvgIpc) is 3.25. The summed E-state index contributed by atoms with van der Waals surface area (Å²) < 4.78 is 13.0. The predicted molar refractivity (Wildman–Crippen MR) is 90.3 cm³/mol. The normalized spacial score (nSPS) is 28.2. The third-order valence-corrected chi connectivity index (χ3v) is 5.74. The van der Waals surface area contributed by atoms with Crippen molar-refractivity contribution < 1.29 is 19.4 Å². The fourth-order valence-electron chi connectivity index (χ4n) is 4.36. The van der Waals surface area contributed by atoms with E-state index in [-0.39, 0.29) is 0 Å². The van der Waals surface area contributed by atoms with Crippen molar-refractivity contribution in [2.45, 2.75) is 38.3 Å². The largest absolute Gasteiger partial charge is 0.481 e. The highest BCUT2D eigenvalue weighted by molar-refractivity contribution is 5.76. The van der Waals surface area contributed by atoms with E-state index in [1.54, 1.807) is 0 Å². The second-order valence-corrected chi connectivity index (χ2v) is 7.60. The van der Waals surface area contributed by atoms with Crippen molar-refractivity contribution in [3.8, 4) is 0 Å². The van der Waals surface area contributed by atoms with Crippen LogP contribution in [0.5, 0.6) is 0 Å². The van der Waals surface area contributed by atoms with Gasteiger partial charge in [-0.1, -0.05) is 0 Å². The highest BCUT2D eigenvalue weighted by atomic mass is 16.5. The summed E-state index contributed by atoms with van der Waals surface area (Å²) in [5, 5.41) is 9.80. The van der Waals surface area contributed by atoms with Crippen molar-refractivity contribution in [3.63, 3.8) is 0 Å². The van der Waals surface area contributed by atoms with Crippen molar-refractivity contribution >= 4 is 5.97 Å². The van der Waals surface area contributed by atoms with Gasteiger partial charge in [-0.2, -0.15) is 0 Å². The van der Waals surface area contributed by atoms with E-state index in [4.69, 9.17) is 9.47 Å². The number of carboxylic acid groups (broad SMARTS) is 1. The van der Waals surface area contributed by atoms with Gasteiger partial charge in [0.05, 0.1) is 24.3 Å². The number of ether oxygens (including phenoxy) is 2. The summed E-state index contributed by atoms with van der Waals surface area (Å²) in [5.41, 5.74) is 1.85. The number of nitrogens with zero attached hydrogens (tertiary/aromatic N) is 3. The highest BCUT2D eigenvalue weighted by Crippen LogP contribution is 2.31. The maximum atomic E-state index is 11.9. The van der Waals surface area contributed by atoms with Crippen LogP contribution < -0.4 is 0 Å². The molecule has 7 heteroatoms. The van der Waals surface area contributed by atoms with Crippen LogP contribution in [-0.4, -0.2) is 65.0 Å². The Kier molecular flexibility index (Phi) is 5.05. The Morgan fingerprint density at radius 2 is 1.92 bits per heavy atom. The fraction of sp³-hybridized carbons (Fsp3) is 0.778. The summed E-state index contributed by atoms with van der Waals surface area (Å²) in [6.07, 6.45) is 4.99. The van der Waals surface area contributed by atoms with Crippen molar-refractivity contribution in [1.82, 2.24) is 14.5 Å². The molecule has 0 unspecified atom stereocenters. The maximum Gasteiger partial charge on any atom is 0.313 e. The smallest absolute Gasteiger partial charge is 0.313 e. The molecule has 3 aliphatic heterocycles. The Hall–Kier alpha value is -1.44. The highest BCUT2D eigenvalue weighted by Gasteiger charge is 2.35. The van der Waals surface area contributed by atoms with E-state index in [2.05, 4.69) is 14.5 Å². The van der Waals surface area contributed by atoms with Gasteiger partial charge in [-0.3, -0.25) is 9.69 Å². The van der Waals surface area contributed by atoms with Crippen molar-refractivity contribution in [1.29, 1.82) is 0 Å². The Balaban J connectivity index is 1.50. The lowest BCUT2D eigenvalue weighted by Crippen LogP contribution is -2.40. The zero-order valence-electron chi connectivity index (χ0n) is 14.6. The van der Waals surface area contributed by atoms with Crippen LogP contribution in [0.2, 0.25) is 0 Å². The molecule has 7 nitrogen and oxygen atoms in total. The van der Waals surface area contributed by atoms with Crippen LogP contribution in [0.25, 0.3) is 0 Å². The maximum absolute atomic E-state index is 11.9. The van der Waals surface area contributed by atoms with Gasteiger partial charge in [0.2, 0.25) is 0 Å². The number of carboxylic acids is 1. The van der Waals surface area contributed by atoms with E-state index in [9.17, 15) is 9.90 Å². The summed E-state index contributed by atoms with van der Waals surface area (Å²) in [7, 11) is 0. The predicted octanol–water partition coefficient (Wildman–Crippen LogP) is 1.33. The number of carbonyl (C=O) groups is 1. The quantitative estimate of drug-likeness (QED) is 0.864. The Bertz CT molecular complexity index is 605. The molecule has 3 aliphatic rings. The summed E-state index contributed by atoms with van der Waals surface area (Å²) in [4.78, 5) is 18.7. The first-order chi connectivity index (χ1) is 12.2. The molecular weight excluding hydrogens is 322 g/mol. The molecule has 0 aliphatic carbocycles. The summed E-state index contributed by atoms with van der Waals surface area (Å²) in [6.45, 7) is 6.30. The second kappa shape index (κ2) is 7.43. The number of rotatable bonds is 5. The van der Waals surface area contributed by atoms with Crippen LogP contribution in [0.4, 0.5) is 0 Å². The molecule has 2 saturated heterocycles. The van der Waals surface area contributed by atoms with E-state index in [0.717, 1.165) is 76.7 Å². The number of aliphatic carboxylic acids is 1. The zero-order valence-corrected chi connectivity index (χ0v) is 14.6. The standard InChI is InChI=1S/C18H27N3O4/c22-18(23)15-9-20(7-14-3-6-25-11-14)10-16-17(15)21(12-19-16)8-13-1-4-24-5-2-13/h12-15H,1-11H2,(H,22,23)/t14-,15+/m1/s1. The first-order valence-electron chi connectivity index (χ1n) is 9.35. The van der Waals surface area contributed by atoms with E-state index >= 15 is 0 Å². The van der Waals surface area contributed by atoms with E-state index in [0.29, 0.717) is 18.4 Å². The number of aromatic nitrogens is 2. The lowest BCUT2D eigenvalue weighted by atomic mass is 9.95. The van der Waals surface area contributed by atoms with Gasteiger partial charge >= 0.3 is 5.97 Å². The molecule has 0 spiro atoms. The molecule has 2 atom stereocenters. The third kappa shape index (κ3) is 3.73. The summed E-state index contributed by atoms with van der Waals surface area (Å²) >= 11 is 0. The van der Waals surface area contributed by atoms with Gasteiger partial charge in [-0.05, 0) is 31.1 Å². The minimum absolute atomic E-state index is 0.492. The van der Waals surface area contributed by atoms with Gasteiger partial charge in [0.1, 0.15) is 5.92 Å². The first-order valence-corrected chi connectivity index (χ1v) is 9.35. The van der Waals surface area contributed by atoms with Gasteiger partial charge < -0.3 is 19.1 Å². The van der Waals surface area contributed by atoms with Crippen LogP contribution >= 0.6 is 0 Å². The molecule has 1 N–H and O–H groups in total. The van der Waals surface area contributed by atoms with Gasteiger partial charge in [0.15, 0.2) is 0 Å². The van der Waals surface area contributed by atoms with Crippen LogP contribution in [0, 0.1) is 11.8 Å². The topological polar surface area (TPSA) is 76.8 Å². The molecule has 0 radical (unpaired) electrons. The molecule has 4 rings (SSSR count). The molecular formula is C18H27N3O4. The number of imidazole rings is 1. The molecule has 0 bridgehead atoms. The Morgan fingerprint density at radius 1 is 1.16 bits per heavy atom. The van der Waals surface area contributed by atoms with Crippen LogP contribution in [0.1, 0.15) is 36.6 Å². The monoisotopic (exact) mass is 349 g/mol. The Labute approximate surface area is 147 Å². The van der Waals surface area contributed by atoms with Gasteiger partial charge in [0.25, 0.3) is 0 Å². The van der Waals surface area contributed by atoms with Crippen LogP contribution in [0.3, 0.4) is 0 Å². The van der Waals surface area contributed by atoms with Crippen molar-refractivity contribution in [2.75, 3.05) is 39.5 Å². The molecule has 25 heavy (non-hydrogen) atoms. The van der Waals surface area contributed by atoms with Crippen LogP contribution in [-0.2, 0) is 27.4 Å². The number of hydrogen-bond acceptors (Lipinski definition) is 5. The first kappa shape index (κ1) is 17.0. The van der Waals surface area contributed by atoms with E-state index in [1.165, 1.54) is 0 Å². The molecule has 4 heterocycles. The fourth-order valence-corrected chi connectivity index (χ4v) is 4.36. The minimum Gasteiger partial charge on any atom is -0.481 e. The summed E-state index contributed by atoms with van der Waals surface area (Å²) in [6, 6.07) is 0. The Morgan fingerprint density at radius 3 is 2.64 bits per heavy atom. The zero-order chi connectivity index (χ0) is 17.2. The minimum atomic E-state index is -0.748. The van der Waals surface area contributed by atoms with Crippen LogP contribution in [0.15, 0.2) is 6.33 Å². The molecule has 0 saturated carbocycles. The molecule has 0 amide bonds. The molecule has 1 aromatic heterocycles. The third-order valence-electron chi connectivity index (χ3n) is 5.74. The lowest BCUT2D eigenvalue weighted by Gasteiger charge is -2.33. The van der Waals surface area contributed by atoms with E-state index in [1.807, 2.05) is 6.33 Å². The summed E-state index contributed by atoms with van der Waals surface area (Å²) in [5.74, 6) is -0.175. The van der Waals surface area contributed by atoms with Gasteiger partial charge in [-0.15, -0.1) is 0 Å². The molecule has 2 fully saturated rings. The van der Waals surface area contributed by atoms with Crippen molar-refractivity contribution in [2.24, 2.45) is 11.8 Å². The molecule has 1 aromatic rings. The SMILES string of the molecule is O=C(O)[C@H]1CN(C[C@H]2CCOC2)Cc2ncn(CC3CCOCC3)c21. The van der Waals surface area contributed by atoms with Crippen molar-refractivity contribution in [3.05, 3.63) is 17.7 Å². The second-order valence-electron chi connectivity index (χ2n) is 7.60. The molecule has 0 aromatic carbocycles. The van der Waals surface area contributed by atoms with Gasteiger partial charge in [0, 0.05) is 46.0 Å². The van der Waals surface area contributed by atoms with Gasteiger partial charge in [-0.25, -0.2) is 4.98 Å². The number of fused-ring (bicyclic) bond motifs is 1.